The van der Waals surface area contributed by atoms with E-state index in [0.717, 1.165) is 24.3 Å². The van der Waals surface area contributed by atoms with Gasteiger partial charge in [0.25, 0.3) is 40.5 Å². The van der Waals surface area contributed by atoms with Crippen molar-refractivity contribution in [2.75, 3.05) is 11.5 Å². The van der Waals surface area contributed by atoms with E-state index in [-0.39, 0.29) is 84.6 Å². The van der Waals surface area contributed by atoms with E-state index in [2.05, 4.69) is 20.5 Å². The number of hydrogen-bond acceptors (Lipinski definition) is 14. The van der Waals surface area contributed by atoms with Gasteiger partial charge in [-0.3, -0.25) is 18.2 Å². The third-order valence-electron chi connectivity index (χ3n) is 8.15. The Kier molecular flexibility index (Phi) is 12.2. The number of benzene rings is 6. The van der Waals surface area contributed by atoms with Crippen LogP contribution in [-0.2, 0) is 40.5 Å². The summed E-state index contributed by atoms with van der Waals surface area (Å²) in [5.74, 6) is 0. The van der Waals surface area contributed by atoms with Crippen LogP contribution in [0, 0.1) is 0 Å². The zero-order valence-corrected chi connectivity index (χ0v) is 34.3. The molecule has 0 spiro atoms. The van der Waals surface area contributed by atoms with E-state index in [4.69, 9.17) is 11.5 Å². The Bertz CT molecular complexity index is 2960. The average molecular weight is 862 g/mol. The molecule has 57 heavy (non-hydrogen) atoms. The molecular weight excluding hydrogens is 836 g/mol. The maximum Gasteiger partial charge on any atom is 0.295 e. The molecule has 0 atom stereocenters. The Labute approximate surface area is 347 Å². The zero-order valence-electron chi connectivity index (χ0n) is 29.0. The van der Waals surface area contributed by atoms with Gasteiger partial charge in [0.1, 0.15) is 21.2 Å². The van der Waals surface area contributed by atoms with Gasteiger partial charge in [-0.1, -0.05) is 48.6 Å². The predicted octanol–water partition coefficient (Wildman–Crippen LogP) is 6.76. The van der Waals surface area contributed by atoms with Crippen LogP contribution in [0.25, 0.3) is 33.7 Å². The van der Waals surface area contributed by atoms with E-state index < -0.39 is 50.3 Å². The summed E-state index contributed by atoms with van der Waals surface area (Å²) in [7, 11) is -18.7. The molecule has 1 radical (unpaired) electrons. The Morgan fingerprint density at radius 1 is 0.439 bits per heavy atom. The van der Waals surface area contributed by atoms with Crippen molar-refractivity contribution in [3.05, 3.63) is 108 Å². The molecule has 0 saturated carbocycles. The Morgan fingerprint density at radius 3 is 1.14 bits per heavy atom. The molecule has 289 valence electrons. The second-order valence-corrected chi connectivity index (χ2v) is 17.5. The van der Waals surface area contributed by atoms with Crippen molar-refractivity contribution in [2.45, 2.75) is 19.6 Å². The first-order valence-electron chi connectivity index (χ1n) is 15.4. The average Bonchev–Trinajstić information content (AvgIpc) is 3.12. The van der Waals surface area contributed by atoms with Gasteiger partial charge in [-0.15, -0.1) is 10.2 Å². The minimum Gasteiger partial charge on any atom is -0.396 e. The molecule has 18 nitrogen and oxygen atoms in total. The van der Waals surface area contributed by atoms with Crippen LogP contribution in [0.5, 0.6) is 0 Å². The zero-order chi connectivity index (χ0) is 40.8. The molecule has 23 heteroatoms. The number of azo groups is 2. The van der Waals surface area contributed by atoms with Crippen LogP contribution < -0.4 is 11.5 Å². The topological polar surface area (TPSA) is 319 Å². The molecule has 0 aliphatic rings. The summed E-state index contributed by atoms with van der Waals surface area (Å²) < 4.78 is 134. The van der Waals surface area contributed by atoms with Crippen LogP contribution in [-0.4, -0.2) is 81.4 Å². The molecule has 8 N–H and O–H groups in total. The van der Waals surface area contributed by atoms with E-state index in [1.165, 1.54) is 84.9 Å². The second kappa shape index (κ2) is 16.1. The third kappa shape index (κ3) is 9.77. The smallest absolute Gasteiger partial charge is 0.295 e. The number of nitrogen functional groups attached to an aromatic ring is 2. The van der Waals surface area contributed by atoms with Gasteiger partial charge in [0.05, 0.1) is 32.5 Å². The molecule has 0 unspecified atom stereocenters. The van der Waals surface area contributed by atoms with Gasteiger partial charge in [-0.25, -0.2) is 0 Å². The summed E-state index contributed by atoms with van der Waals surface area (Å²) in [6.45, 7) is 0. The van der Waals surface area contributed by atoms with Crippen LogP contribution in [0.1, 0.15) is 11.1 Å². The van der Waals surface area contributed by atoms with Crippen molar-refractivity contribution in [1.29, 1.82) is 0 Å². The van der Waals surface area contributed by atoms with E-state index in [0.29, 0.717) is 21.5 Å². The van der Waals surface area contributed by atoms with Crippen molar-refractivity contribution in [2.24, 2.45) is 20.5 Å². The van der Waals surface area contributed by atoms with Crippen LogP contribution in [0.2, 0.25) is 0 Å². The number of nitrogens with zero attached hydrogens (tertiary/aromatic N) is 4. The fourth-order valence-corrected chi connectivity index (χ4v) is 7.87. The molecule has 6 rings (SSSR count). The molecule has 0 aliphatic carbocycles. The van der Waals surface area contributed by atoms with Crippen molar-refractivity contribution >= 4 is 138 Å². The quantitative estimate of drug-likeness (QED) is 0.0272. The van der Waals surface area contributed by atoms with E-state index in [1.54, 1.807) is 0 Å². The van der Waals surface area contributed by atoms with Gasteiger partial charge >= 0.3 is 0 Å². The monoisotopic (exact) mass is 861 g/mol. The second-order valence-electron chi connectivity index (χ2n) is 11.8. The van der Waals surface area contributed by atoms with Gasteiger partial charge in [0.15, 0.2) is 0 Å². The SMILES string of the molecule is Nc1c(N=Nc2ccc(/C=C/c3ccc(N=Nc4ccc5cc(S(=O)(=O)O)ccc5c4N)cc3S(=O)(=O)O)c(S(=O)(=O)O)c2)ccc2cc(S(=O)(=O)O)ccc12.[Na]. The fourth-order valence-electron chi connectivity index (χ4n) is 5.43. The van der Waals surface area contributed by atoms with Crippen molar-refractivity contribution in [1.82, 2.24) is 0 Å². The number of rotatable bonds is 10. The Morgan fingerprint density at radius 2 is 0.807 bits per heavy atom. The van der Waals surface area contributed by atoms with E-state index >= 15 is 0 Å². The van der Waals surface area contributed by atoms with Gasteiger partial charge in [0, 0.05) is 40.3 Å². The van der Waals surface area contributed by atoms with Crippen LogP contribution in [0.3, 0.4) is 0 Å². The minimum absolute atomic E-state index is 0. The van der Waals surface area contributed by atoms with Gasteiger partial charge in [-0.05, 0) is 82.6 Å². The van der Waals surface area contributed by atoms with Crippen molar-refractivity contribution in [3.63, 3.8) is 0 Å². The standard InChI is InChI=1S/C34H26N6O12S4.Na/c35-33-27-11-9-25(53(41,42)43)15-21(27)5-13-29(33)39-37-23-7-3-19(31(17-23)55(47,48)49)1-2-20-4-8-24(18-32(20)56(50,51)52)38-40-30-14-6-22-16-26(54(44,45)46)10-12-28(22)34(30)36;/h1-18H,35-36H2,(H,41,42,43)(H,44,45,46)(H,47,48,49)(H,50,51,52);/b2-1+,39-37?,40-38?;. The van der Waals surface area contributed by atoms with Crippen molar-refractivity contribution in [3.8, 4) is 0 Å². The fraction of sp³-hybridized carbons (Fsp3) is 0. The molecular formula is C34H26N6NaO12S4. The van der Waals surface area contributed by atoms with Crippen molar-refractivity contribution < 1.29 is 51.9 Å². The molecule has 0 aliphatic heterocycles. The Hall–Kier alpha value is -4.98. The molecule has 0 aromatic heterocycles. The van der Waals surface area contributed by atoms with Gasteiger partial charge < -0.3 is 11.5 Å². The first-order valence-corrected chi connectivity index (χ1v) is 21.2. The van der Waals surface area contributed by atoms with Gasteiger partial charge in [0.2, 0.25) is 0 Å². The normalized spacial score (nSPS) is 12.9. The van der Waals surface area contributed by atoms with Crippen LogP contribution >= 0.6 is 0 Å². The first-order chi connectivity index (χ1) is 26.1. The number of nitrogens with two attached hydrogens (primary N) is 2. The third-order valence-corrected chi connectivity index (χ3v) is 11.7. The number of hydrogen-bond donors (Lipinski definition) is 6. The van der Waals surface area contributed by atoms with Gasteiger partial charge in [-0.2, -0.15) is 43.9 Å². The van der Waals surface area contributed by atoms with E-state index in [1.807, 2.05) is 0 Å². The number of anilines is 2. The predicted molar refractivity (Wildman–Crippen MR) is 212 cm³/mol. The summed E-state index contributed by atoms with van der Waals surface area (Å²) in [5.41, 5.74) is 12.5. The maximum absolute atomic E-state index is 12.4. The van der Waals surface area contributed by atoms with Crippen LogP contribution in [0.15, 0.2) is 137 Å². The molecule has 0 amide bonds. The van der Waals surface area contributed by atoms with E-state index in [9.17, 15) is 51.9 Å². The molecule has 0 heterocycles. The maximum atomic E-state index is 12.4. The molecule has 0 bridgehead atoms. The molecule has 0 fully saturated rings. The molecule has 0 saturated heterocycles. The molecule has 6 aromatic carbocycles. The largest absolute Gasteiger partial charge is 0.396 e. The number of fused-ring (bicyclic) bond motifs is 2. The van der Waals surface area contributed by atoms with Crippen LogP contribution in [0.4, 0.5) is 34.1 Å². The first kappa shape index (κ1) is 43.1. The summed E-state index contributed by atoms with van der Waals surface area (Å²) in [5, 5.41) is 17.6. The summed E-state index contributed by atoms with van der Waals surface area (Å²) >= 11 is 0. The Balaban J connectivity index is 0.00000620. The molecule has 6 aromatic rings. The summed E-state index contributed by atoms with van der Waals surface area (Å²) in [4.78, 5) is -1.94. The summed E-state index contributed by atoms with van der Waals surface area (Å²) in [6, 6.07) is 20.4. The summed E-state index contributed by atoms with van der Waals surface area (Å²) in [6.07, 6.45) is 2.33. The minimum atomic E-state index is -4.89.